The lowest BCUT2D eigenvalue weighted by Crippen LogP contribution is -2.30. The number of hydrogen-bond donors (Lipinski definition) is 2. The molecule has 0 bridgehead atoms. The van der Waals surface area contributed by atoms with Crippen molar-refractivity contribution in [3.05, 3.63) is 53.1 Å². The number of benzene rings is 2. The molecular weight excluding hydrogens is 533 g/mol. The monoisotopic (exact) mass is 564 g/mol. The van der Waals surface area contributed by atoms with Crippen LogP contribution in [-0.2, 0) is 22.9 Å². The molecule has 2 N–H and O–H groups in total. The highest BCUT2D eigenvalue weighted by Gasteiger charge is 2.32. The second-order valence-electron chi connectivity index (χ2n) is 8.87. The maximum Gasteiger partial charge on any atom is 0.573 e. The third-order valence-corrected chi connectivity index (χ3v) is 7.19. The van der Waals surface area contributed by atoms with Crippen molar-refractivity contribution in [3.63, 3.8) is 0 Å². The van der Waals surface area contributed by atoms with Crippen LogP contribution in [-0.4, -0.2) is 46.3 Å². The maximum absolute atomic E-state index is 12.8. The number of alkyl halides is 3. The Kier molecular flexibility index (Phi) is 11.2. The van der Waals surface area contributed by atoms with Gasteiger partial charge >= 0.3 is 6.36 Å². The molecule has 0 amide bonds. The number of Topliss-reactive ketones (excluding diaryl/α,β-unsaturated/α-hetero) is 1. The van der Waals surface area contributed by atoms with Gasteiger partial charge in [-0.05, 0) is 75.5 Å². The molecule has 206 valence electrons. The van der Waals surface area contributed by atoms with Crippen LogP contribution in [0.15, 0.2) is 41.3 Å². The van der Waals surface area contributed by atoms with Gasteiger partial charge in [-0.2, -0.15) is 0 Å². The number of hydrogen-bond acceptors (Lipinski definition) is 6. The summed E-state index contributed by atoms with van der Waals surface area (Å²) in [5.41, 5.74) is 1.51. The fourth-order valence-corrected chi connectivity index (χ4v) is 5.43. The molecule has 12 heteroatoms. The average Bonchev–Trinajstić information content (AvgIpc) is 3.25. The maximum atomic E-state index is 12.8. The van der Waals surface area contributed by atoms with E-state index in [9.17, 15) is 26.4 Å². The number of unbranched alkanes of at least 4 members (excludes halogenated alkanes) is 1. The summed E-state index contributed by atoms with van der Waals surface area (Å²) in [6.07, 6.45) is -2.32. The Bertz CT molecular complexity index is 1170. The fourth-order valence-electron chi connectivity index (χ4n) is 3.97. The topological polar surface area (TPSA) is 93.7 Å². The zero-order chi connectivity index (χ0) is 26.3. The summed E-state index contributed by atoms with van der Waals surface area (Å²) in [6.45, 7) is 4.86. The number of ketones is 1. The minimum Gasteiger partial charge on any atom is -0.492 e. The van der Waals surface area contributed by atoms with Crippen molar-refractivity contribution < 1.29 is 35.9 Å². The van der Waals surface area contributed by atoms with Gasteiger partial charge in [0.05, 0.1) is 6.61 Å². The Morgan fingerprint density at radius 1 is 1.14 bits per heavy atom. The third kappa shape index (κ3) is 9.17. The summed E-state index contributed by atoms with van der Waals surface area (Å²) in [7, 11) is -3.82. The standard InChI is InChI=1S/C25H31F3N2O5S.ClH/c1-17(2)30-36(32,33)23-16-20(15-19-11-14-34-24(19)23)21(31)8-5-6-12-29-13-10-18-7-3-4-9-22(18)35-25(26,27)28;/h3-4,7,9,15-17,29-30H,5-6,8,10-14H2,1-2H3;1H. The zero-order valence-corrected chi connectivity index (χ0v) is 22.3. The molecule has 7 nitrogen and oxygen atoms in total. The van der Waals surface area contributed by atoms with Gasteiger partial charge in [0.2, 0.25) is 10.0 Å². The van der Waals surface area contributed by atoms with E-state index in [1.54, 1.807) is 32.0 Å². The number of nitrogens with one attached hydrogen (secondary N) is 2. The molecule has 0 saturated carbocycles. The van der Waals surface area contributed by atoms with Crippen molar-refractivity contribution in [2.24, 2.45) is 0 Å². The van der Waals surface area contributed by atoms with Gasteiger partial charge in [0.25, 0.3) is 0 Å². The predicted octanol–water partition coefficient (Wildman–Crippen LogP) is 4.81. The van der Waals surface area contributed by atoms with Crippen molar-refractivity contribution in [1.82, 2.24) is 10.0 Å². The van der Waals surface area contributed by atoms with Crippen molar-refractivity contribution in [1.29, 1.82) is 0 Å². The van der Waals surface area contributed by atoms with Crippen LogP contribution in [0.3, 0.4) is 0 Å². The highest BCUT2D eigenvalue weighted by molar-refractivity contribution is 7.89. The Morgan fingerprint density at radius 2 is 1.86 bits per heavy atom. The third-order valence-electron chi connectivity index (χ3n) is 5.53. The van der Waals surface area contributed by atoms with Crippen LogP contribution >= 0.6 is 12.4 Å². The first-order valence-electron chi connectivity index (χ1n) is 11.9. The zero-order valence-electron chi connectivity index (χ0n) is 20.7. The van der Waals surface area contributed by atoms with Crippen LogP contribution in [0.4, 0.5) is 13.2 Å². The van der Waals surface area contributed by atoms with Crippen LogP contribution in [0.2, 0.25) is 0 Å². The van der Waals surface area contributed by atoms with Crippen LogP contribution in [0, 0.1) is 0 Å². The summed E-state index contributed by atoms with van der Waals surface area (Å²) in [6, 6.07) is 8.81. The second kappa shape index (κ2) is 13.5. The van der Waals surface area contributed by atoms with Crippen molar-refractivity contribution in [2.45, 2.75) is 63.3 Å². The fraction of sp³-hybridized carbons (Fsp3) is 0.480. The molecule has 0 unspecified atom stereocenters. The molecule has 0 atom stereocenters. The van der Waals surface area contributed by atoms with Gasteiger partial charge in [-0.3, -0.25) is 4.79 Å². The van der Waals surface area contributed by atoms with Crippen LogP contribution in [0.1, 0.15) is 54.6 Å². The van der Waals surface area contributed by atoms with Gasteiger partial charge in [0, 0.05) is 24.4 Å². The lowest BCUT2D eigenvalue weighted by Gasteiger charge is -2.14. The van der Waals surface area contributed by atoms with Gasteiger partial charge in [0.15, 0.2) is 5.78 Å². The number of para-hydroxylation sites is 1. The molecule has 2 aromatic rings. The number of sulfonamides is 1. The Labute approximate surface area is 221 Å². The van der Waals surface area contributed by atoms with Crippen molar-refractivity contribution in [2.75, 3.05) is 19.7 Å². The number of ether oxygens (including phenoxy) is 2. The van der Waals surface area contributed by atoms with E-state index in [4.69, 9.17) is 4.74 Å². The number of carbonyl (C=O) groups excluding carboxylic acids is 1. The minimum absolute atomic E-state index is 0. The number of halogens is 4. The highest BCUT2D eigenvalue weighted by Crippen LogP contribution is 2.35. The van der Waals surface area contributed by atoms with E-state index in [1.165, 1.54) is 18.2 Å². The average molecular weight is 565 g/mol. The molecule has 0 aliphatic carbocycles. The van der Waals surface area contributed by atoms with Gasteiger partial charge in [-0.15, -0.1) is 25.6 Å². The summed E-state index contributed by atoms with van der Waals surface area (Å²) in [4.78, 5) is 12.8. The van der Waals surface area contributed by atoms with E-state index in [0.717, 1.165) is 0 Å². The lowest BCUT2D eigenvalue weighted by atomic mass is 10.0. The molecular formula is C25H32ClF3N2O5S. The summed E-state index contributed by atoms with van der Waals surface area (Å²) < 4.78 is 75.2. The molecule has 0 aromatic heterocycles. The van der Waals surface area contributed by atoms with Crippen LogP contribution < -0.4 is 19.5 Å². The highest BCUT2D eigenvalue weighted by atomic mass is 35.5. The summed E-state index contributed by atoms with van der Waals surface area (Å²) in [5, 5.41) is 3.17. The molecule has 0 radical (unpaired) electrons. The first-order valence-corrected chi connectivity index (χ1v) is 13.3. The summed E-state index contributed by atoms with van der Waals surface area (Å²) >= 11 is 0. The Morgan fingerprint density at radius 3 is 2.57 bits per heavy atom. The van der Waals surface area contributed by atoms with E-state index in [0.29, 0.717) is 67.8 Å². The second-order valence-corrected chi connectivity index (χ2v) is 10.6. The summed E-state index contributed by atoms with van der Waals surface area (Å²) in [5.74, 6) is -0.0443. The van der Waals surface area contributed by atoms with Crippen LogP contribution in [0.25, 0.3) is 0 Å². The normalized spacial score (nSPS) is 13.1. The quantitative estimate of drug-likeness (QED) is 0.268. The molecule has 3 rings (SSSR count). The molecule has 2 aromatic carbocycles. The lowest BCUT2D eigenvalue weighted by molar-refractivity contribution is -0.274. The van der Waals surface area contributed by atoms with Gasteiger partial charge in [-0.1, -0.05) is 18.2 Å². The van der Waals surface area contributed by atoms with E-state index in [-0.39, 0.29) is 41.3 Å². The van der Waals surface area contributed by atoms with Gasteiger partial charge in [0.1, 0.15) is 16.4 Å². The van der Waals surface area contributed by atoms with E-state index < -0.39 is 16.4 Å². The van der Waals surface area contributed by atoms with E-state index in [1.807, 2.05) is 0 Å². The van der Waals surface area contributed by atoms with E-state index in [2.05, 4.69) is 14.8 Å². The van der Waals surface area contributed by atoms with Gasteiger partial charge < -0.3 is 14.8 Å². The van der Waals surface area contributed by atoms with Crippen LogP contribution in [0.5, 0.6) is 11.5 Å². The smallest absolute Gasteiger partial charge is 0.492 e. The molecule has 1 heterocycles. The first kappa shape index (κ1) is 30.9. The Hall–Kier alpha value is -2.34. The molecule has 0 saturated heterocycles. The predicted molar refractivity (Wildman–Crippen MR) is 136 cm³/mol. The number of carbonyl (C=O) groups is 1. The molecule has 0 spiro atoms. The molecule has 37 heavy (non-hydrogen) atoms. The SMILES string of the molecule is CC(C)NS(=O)(=O)c1cc(C(=O)CCCCNCCc2ccccc2OC(F)(F)F)cc2c1OCC2.Cl. The number of fused-ring (bicyclic) bond motifs is 1. The number of rotatable bonds is 13. The largest absolute Gasteiger partial charge is 0.573 e. The molecule has 1 aliphatic rings. The van der Waals surface area contributed by atoms with Gasteiger partial charge in [-0.25, -0.2) is 13.1 Å². The van der Waals surface area contributed by atoms with E-state index >= 15 is 0 Å². The van der Waals surface area contributed by atoms with Crippen molar-refractivity contribution >= 4 is 28.2 Å². The molecule has 0 fully saturated rings. The molecule has 1 aliphatic heterocycles. The van der Waals surface area contributed by atoms with Crippen molar-refractivity contribution in [3.8, 4) is 11.5 Å². The minimum atomic E-state index is -4.74. The first-order chi connectivity index (χ1) is 17.0. The Balaban J connectivity index is 0.00000481.